The van der Waals surface area contributed by atoms with E-state index in [1.165, 1.54) is 13.8 Å². The van der Waals surface area contributed by atoms with E-state index in [-0.39, 0.29) is 11.9 Å². The molecule has 138 valence electrons. The van der Waals surface area contributed by atoms with Crippen LogP contribution in [0.5, 0.6) is 11.5 Å². The fourth-order valence-corrected chi connectivity index (χ4v) is 2.30. The molecule has 2 unspecified atom stereocenters. The third kappa shape index (κ3) is 5.75. The van der Waals surface area contributed by atoms with Crippen molar-refractivity contribution in [1.29, 1.82) is 0 Å². The van der Waals surface area contributed by atoms with E-state index in [9.17, 15) is 4.39 Å². The van der Waals surface area contributed by atoms with Crippen molar-refractivity contribution < 1.29 is 13.9 Å². The molecule has 0 spiro atoms. The second kappa shape index (κ2) is 7.88. The number of hydrogen-bond donors (Lipinski definition) is 3. The maximum absolute atomic E-state index is 14.1. The Kier molecular flexibility index (Phi) is 6.07. The Morgan fingerprint density at radius 2 is 2.04 bits per heavy atom. The van der Waals surface area contributed by atoms with E-state index in [0.29, 0.717) is 29.1 Å². The van der Waals surface area contributed by atoms with Gasteiger partial charge in [0.25, 0.3) is 0 Å². The number of amidine groups is 1. The molecule has 1 aliphatic rings. The summed E-state index contributed by atoms with van der Waals surface area (Å²) in [4.78, 5) is 8.06. The average Bonchev–Trinajstić information content (AvgIpc) is 2.51. The Morgan fingerprint density at radius 1 is 1.36 bits per heavy atom. The minimum Gasteiger partial charge on any atom is -0.497 e. The maximum Gasteiger partial charge on any atom is 0.200 e. The number of halogens is 2. The number of rotatable bonds is 6. The number of hydrogen-bond acceptors (Lipinski definition) is 7. The van der Waals surface area contributed by atoms with Gasteiger partial charge in [0.2, 0.25) is 0 Å². The molecule has 0 aromatic heterocycles. The minimum atomic E-state index is -1.64. The molecule has 1 aromatic rings. The normalized spacial score (nSPS) is 18.6. The Balaban J connectivity index is 1.92. The first-order chi connectivity index (χ1) is 11.7. The highest BCUT2D eigenvalue weighted by Crippen LogP contribution is 2.25. The van der Waals surface area contributed by atoms with Crippen LogP contribution >= 0.6 is 11.6 Å². The van der Waals surface area contributed by atoms with Crippen molar-refractivity contribution in [3.8, 4) is 11.5 Å². The van der Waals surface area contributed by atoms with E-state index in [0.717, 1.165) is 0 Å². The number of nitrogens with zero attached hydrogens (tertiary/aromatic N) is 2. The summed E-state index contributed by atoms with van der Waals surface area (Å²) in [5.41, 5.74) is 4.08. The molecule has 0 amide bonds. The van der Waals surface area contributed by atoms with Gasteiger partial charge in [-0.15, -0.1) is 0 Å². The van der Waals surface area contributed by atoms with Crippen LogP contribution < -0.4 is 25.8 Å². The molecule has 2 atom stereocenters. The lowest BCUT2D eigenvalue weighted by molar-refractivity contribution is 0.283. The molecule has 1 heterocycles. The highest BCUT2D eigenvalue weighted by molar-refractivity contribution is 6.30. The molecule has 2 rings (SSSR count). The average molecular weight is 372 g/mol. The zero-order valence-electron chi connectivity index (χ0n) is 14.6. The van der Waals surface area contributed by atoms with Gasteiger partial charge in [-0.1, -0.05) is 11.6 Å². The van der Waals surface area contributed by atoms with Crippen molar-refractivity contribution in [3.05, 3.63) is 23.2 Å². The lowest BCUT2D eigenvalue weighted by atomic mass is 10.1. The van der Waals surface area contributed by atoms with Crippen molar-refractivity contribution >= 4 is 23.4 Å². The lowest BCUT2D eigenvalue weighted by Crippen LogP contribution is -2.54. The number of aliphatic imine (C=N–C) groups is 2. The molecule has 7 nitrogen and oxygen atoms in total. The summed E-state index contributed by atoms with van der Waals surface area (Å²) in [6.07, 6.45) is -0.848. The monoisotopic (exact) mass is 371 g/mol. The van der Waals surface area contributed by atoms with Gasteiger partial charge in [-0.05, 0) is 32.9 Å². The molecular weight excluding hydrogens is 349 g/mol. The van der Waals surface area contributed by atoms with E-state index in [4.69, 9.17) is 26.8 Å². The third-order valence-corrected chi connectivity index (χ3v) is 3.50. The van der Waals surface area contributed by atoms with E-state index in [1.807, 2.05) is 6.92 Å². The summed E-state index contributed by atoms with van der Waals surface area (Å²) in [5.74, 6) is 1.67. The number of nitrogens with one attached hydrogen (secondary N) is 2. The van der Waals surface area contributed by atoms with Crippen molar-refractivity contribution in [2.75, 3.05) is 13.7 Å². The van der Waals surface area contributed by atoms with Crippen LogP contribution in [0.3, 0.4) is 0 Å². The van der Waals surface area contributed by atoms with Gasteiger partial charge >= 0.3 is 0 Å². The van der Waals surface area contributed by atoms with E-state index in [1.54, 1.807) is 25.3 Å². The molecule has 25 heavy (non-hydrogen) atoms. The molecular formula is C16H23ClFN5O2. The minimum absolute atomic E-state index is 0.130. The van der Waals surface area contributed by atoms with Gasteiger partial charge < -0.3 is 20.1 Å². The van der Waals surface area contributed by atoms with Crippen LogP contribution in [0, 0.1) is 0 Å². The van der Waals surface area contributed by atoms with Crippen LogP contribution in [-0.2, 0) is 0 Å². The summed E-state index contributed by atoms with van der Waals surface area (Å²) >= 11 is 6.01. The van der Waals surface area contributed by atoms with Crippen LogP contribution in [0.4, 0.5) is 4.39 Å². The number of benzene rings is 1. The van der Waals surface area contributed by atoms with Crippen LogP contribution in [0.25, 0.3) is 0 Å². The highest BCUT2D eigenvalue weighted by Gasteiger charge is 2.28. The van der Waals surface area contributed by atoms with Gasteiger partial charge in [0.05, 0.1) is 13.2 Å². The standard InChI is InChI=1S/C16H23ClFN5O2/c1-9(8-25-12-6-10(17)5-11(7-12)24-4)20-15-22-13(16(2,3)18)21-14(19)23-15/h5-7,9,14H,8,19H2,1-4H3,(H2,20,21,22,23). The molecule has 0 saturated carbocycles. The molecule has 0 fully saturated rings. The van der Waals surface area contributed by atoms with Crippen molar-refractivity contribution in [2.24, 2.45) is 15.7 Å². The van der Waals surface area contributed by atoms with Gasteiger partial charge in [-0.2, -0.15) is 0 Å². The Morgan fingerprint density at radius 3 is 2.68 bits per heavy atom. The smallest absolute Gasteiger partial charge is 0.200 e. The molecule has 1 aromatic carbocycles. The summed E-state index contributed by atoms with van der Waals surface area (Å²) in [7, 11) is 1.56. The molecule has 0 saturated heterocycles. The van der Waals surface area contributed by atoms with Gasteiger partial charge in [0.1, 0.15) is 23.9 Å². The van der Waals surface area contributed by atoms with E-state index in [2.05, 4.69) is 20.6 Å². The highest BCUT2D eigenvalue weighted by atomic mass is 35.5. The predicted octanol–water partition coefficient (Wildman–Crippen LogP) is 2.05. The Labute approximate surface area is 151 Å². The molecule has 9 heteroatoms. The molecule has 0 radical (unpaired) electrons. The number of guanidine groups is 1. The first-order valence-corrected chi connectivity index (χ1v) is 8.16. The fourth-order valence-electron chi connectivity index (χ4n) is 2.08. The Hall–Kier alpha value is -2.06. The zero-order chi connectivity index (χ0) is 18.6. The second-order valence-electron chi connectivity index (χ2n) is 6.15. The fraction of sp³-hybridized carbons (Fsp3) is 0.500. The van der Waals surface area contributed by atoms with Gasteiger partial charge in [0, 0.05) is 11.1 Å². The summed E-state index contributed by atoms with van der Waals surface area (Å²) in [6, 6.07) is 4.99. The van der Waals surface area contributed by atoms with Crippen LogP contribution in [0.1, 0.15) is 20.8 Å². The van der Waals surface area contributed by atoms with Crippen molar-refractivity contribution in [1.82, 2.24) is 10.6 Å². The van der Waals surface area contributed by atoms with Gasteiger partial charge in [-0.3, -0.25) is 5.73 Å². The SMILES string of the molecule is COc1cc(Cl)cc(OCC(C)NC2=NC(N)N=C(C(C)(C)F)N2)c1. The molecule has 0 bridgehead atoms. The number of nitrogens with two attached hydrogens (primary N) is 1. The predicted molar refractivity (Wildman–Crippen MR) is 97.3 cm³/mol. The first kappa shape index (κ1) is 19.3. The quantitative estimate of drug-likeness (QED) is 0.711. The number of methoxy groups -OCH3 is 1. The van der Waals surface area contributed by atoms with E-state index < -0.39 is 12.0 Å². The maximum atomic E-state index is 14.1. The van der Waals surface area contributed by atoms with Crippen molar-refractivity contribution in [3.63, 3.8) is 0 Å². The number of alkyl halides is 1. The second-order valence-corrected chi connectivity index (χ2v) is 6.59. The van der Waals surface area contributed by atoms with Crippen molar-refractivity contribution in [2.45, 2.75) is 38.8 Å². The first-order valence-electron chi connectivity index (χ1n) is 7.79. The van der Waals surface area contributed by atoms with Gasteiger partial charge in [-0.25, -0.2) is 14.4 Å². The van der Waals surface area contributed by atoms with Crippen LogP contribution in [0.15, 0.2) is 28.2 Å². The molecule has 0 aliphatic carbocycles. The summed E-state index contributed by atoms with van der Waals surface area (Å²) in [6.45, 7) is 5.01. The largest absolute Gasteiger partial charge is 0.497 e. The summed E-state index contributed by atoms with van der Waals surface area (Å²) in [5, 5.41) is 6.42. The third-order valence-electron chi connectivity index (χ3n) is 3.29. The molecule has 4 N–H and O–H groups in total. The number of ether oxygens (including phenoxy) is 2. The molecule has 1 aliphatic heterocycles. The zero-order valence-corrected chi connectivity index (χ0v) is 15.4. The topological polar surface area (TPSA) is 93.3 Å². The van der Waals surface area contributed by atoms with Crippen LogP contribution in [0.2, 0.25) is 5.02 Å². The van der Waals surface area contributed by atoms with Gasteiger partial charge in [0.15, 0.2) is 17.9 Å². The van der Waals surface area contributed by atoms with E-state index >= 15 is 0 Å². The lowest BCUT2D eigenvalue weighted by Gasteiger charge is -2.27. The Bertz CT molecular complexity index is 675. The summed E-state index contributed by atoms with van der Waals surface area (Å²) < 4.78 is 24.9. The van der Waals surface area contributed by atoms with Crippen LogP contribution in [-0.4, -0.2) is 43.5 Å².